The number of fused-ring (bicyclic) bond motifs is 1. The van der Waals surface area contributed by atoms with Crippen LogP contribution in [0.15, 0.2) is 84.9 Å². The highest BCUT2D eigenvalue weighted by Gasteiger charge is 2.31. The highest BCUT2D eigenvalue weighted by molar-refractivity contribution is 5.93. The van der Waals surface area contributed by atoms with E-state index in [1.165, 1.54) is 6.08 Å². The van der Waals surface area contributed by atoms with Gasteiger partial charge in [-0.3, -0.25) is 14.4 Å². The Morgan fingerprint density at radius 2 is 1.65 bits per heavy atom. The normalized spacial score (nSPS) is 16.5. The molecule has 0 aliphatic carbocycles. The maximum Gasteiger partial charge on any atom is 0.408 e. The summed E-state index contributed by atoms with van der Waals surface area (Å²) in [4.78, 5) is 52.7. The molecule has 4 amide bonds. The minimum absolute atomic E-state index is 0.0371. The fourth-order valence-corrected chi connectivity index (χ4v) is 5.65. The van der Waals surface area contributed by atoms with Crippen LogP contribution < -0.4 is 21.3 Å². The second-order valence-electron chi connectivity index (χ2n) is 12.0. The molecule has 0 saturated carbocycles. The Morgan fingerprint density at radius 3 is 2.37 bits per heavy atom. The SMILES string of the molecule is CC(C)C[C@H](NC(=O)[C@H](Cc1cccc2ccccc12)NC(=O)OCc1ccccc1)C(=O)N[C@H](/C=C/CO)C[C@@H]1CCNC1=O. The summed E-state index contributed by atoms with van der Waals surface area (Å²) in [5, 5.41) is 22.7. The molecule has 0 bridgehead atoms. The fraction of sp³-hybridized carbons (Fsp3) is 0.389. The maximum absolute atomic E-state index is 13.9. The summed E-state index contributed by atoms with van der Waals surface area (Å²) < 4.78 is 5.44. The molecule has 4 rings (SSSR count). The van der Waals surface area contributed by atoms with E-state index in [2.05, 4.69) is 21.3 Å². The van der Waals surface area contributed by atoms with Crippen molar-refractivity contribution in [3.05, 3.63) is 96.1 Å². The van der Waals surface area contributed by atoms with Gasteiger partial charge in [0.1, 0.15) is 18.7 Å². The maximum atomic E-state index is 13.9. The van der Waals surface area contributed by atoms with Crippen molar-refractivity contribution in [2.45, 2.75) is 64.3 Å². The Hall–Kier alpha value is -4.70. The van der Waals surface area contributed by atoms with Crippen LogP contribution in [0.3, 0.4) is 0 Å². The van der Waals surface area contributed by atoms with Gasteiger partial charge in [-0.15, -0.1) is 0 Å². The van der Waals surface area contributed by atoms with Gasteiger partial charge < -0.3 is 31.1 Å². The minimum Gasteiger partial charge on any atom is -0.445 e. The third kappa shape index (κ3) is 10.2. The molecule has 1 fully saturated rings. The smallest absolute Gasteiger partial charge is 0.408 e. The van der Waals surface area contributed by atoms with Gasteiger partial charge in [0.15, 0.2) is 0 Å². The molecule has 1 aliphatic rings. The van der Waals surface area contributed by atoms with Crippen molar-refractivity contribution in [1.82, 2.24) is 21.3 Å². The Labute approximate surface area is 270 Å². The third-order valence-corrected chi connectivity index (χ3v) is 7.97. The van der Waals surface area contributed by atoms with Crippen molar-refractivity contribution >= 4 is 34.6 Å². The largest absolute Gasteiger partial charge is 0.445 e. The highest BCUT2D eigenvalue weighted by atomic mass is 16.5. The lowest BCUT2D eigenvalue weighted by atomic mass is 9.96. The first-order valence-electron chi connectivity index (χ1n) is 15.8. The van der Waals surface area contributed by atoms with Crippen molar-refractivity contribution < 1.29 is 29.0 Å². The number of hydrogen-bond donors (Lipinski definition) is 5. The first-order chi connectivity index (χ1) is 22.2. The number of ether oxygens (including phenoxy) is 1. The molecular formula is C36H44N4O6. The standard InChI is InChI=1S/C36H44N4O6/c1-24(2)20-31(34(43)38-29(15-9-19-41)21-28-17-18-37-33(28)42)39-35(44)32(40-36(45)46-23-25-10-4-3-5-11-25)22-27-14-8-13-26-12-6-7-16-30(26)27/h3-16,24,28-29,31-32,41H,17-23H2,1-2H3,(H,37,42)(H,38,43)(H,39,44)(H,40,45)/b15-9+/t28-,29+,31-,32-/m0/s1. The molecule has 3 aromatic rings. The summed E-state index contributed by atoms with van der Waals surface area (Å²) in [6.45, 7) is 4.31. The Bertz CT molecular complexity index is 1500. The summed E-state index contributed by atoms with van der Waals surface area (Å²) in [6, 6.07) is 20.4. The van der Waals surface area contributed by atoms with Crippen molar-refractivity contribution in [2.24, 2.45) is 11.8 Å². The molecule has 0 spiro atoms. The summed E-state index contributed by atoms with van der Waals surface area (Å²) >= 11 is 0. The van der Waals surface area contributed by atoms with Gasteiger partial charge in [0.25, 0.3) is 0 Å². The first-order valence-corrected chi connectivity index (χ1v) is 15.8. The predicted octanol–water partition coefficient (Wildman–Crippen LogP) is 3.77. The topological polar surface area (TPSA) is 146 Å². The van der Waals surface area contributed by atoms with E-state index in [0.717, 1.165) is 21.9 Å². The van der Waals surface area contributed by atoms with Gasteiger partial charge in [-0.2, -0.15) is 0 Å². The van der Waals surface area contributed by atoms with E-state index >= 15 is 0 Å². The molecule has 5 N–H and O–H groups in total. The second-order valence-corrected chi connectivity index (χ2v) is 12.0. The third-order valence-electron chi connectivity index (χ3n) is 7.97. The average molecular weight is 629 g/mol. The van der Waals surface area contributed by atoms with Gasteiger partial charge in [0, 0.05) is 24.9 Å². The molecule has 10 heteroatoms. The van der Waals surface area contributed by atoms with Gasteiger partial charge in [-0.1, -0.05) is 98.8 Å². The van der Waals surface area contributed by atoms with Crippen molar-refractivity contribution in [3.8, 4) is 0 Å². The number of hydrogen-bond acceptors (Lipinski definition) is 6. The van der Waals surface area contributed by atoms with E-state index in [1.54, 1.807) is 6.08 Å². The lowest BCUT2D eigenvalue weighted by molar-refractivity contribution is -0.130. The number of nitrogens with one attached hydrogen (secondary N) is 4. The van der Waals surface area contributed by atoms with E-state index in [1.807, 2.05) is 86.6 Å². The quantitative estimate of drug-likeness (QED) is 0.162. The molecule has 0 unspecified atom stereocenters. The zero-order valence-corrected chi connectivity index (χ0v) is 26.4. The van der Waals surface area contributed by atoms with Gasteiger partial charge in [-0.25, -0.2) is 4.79 Å². The number of rotatable bonds is 15. The predicted molar refractivity (Wildman–Crippen MR) is 176 cm³/mol. The Morgan fingerprint density at radius 1 is 0.935 bits per heavy atom. The summed E-state index contributed by atoms with van der Waals surface area (Å²) in [6.07, 6.45) is 3.99. The fourth-order valence-electron chi connectivity index (χ4n) is 5.65. The monoisotopic (exact) mass is 628 g/mol. The van der Waals surface area contributed by atoms with Crippen LogP contribution >= 0.6 is 0 Å². The molecule has 0 radical (unpaired) electrons. The molecule has 4 atom stereocenters. The first kappa shape index (κ1) is 34.2. The molecule has 1 aliphatic heterocycles. The van der Waals surface area contributed by atoms with Crippen molar-refractivity contribution in [3.63, 3.8) is 0 Å². The number of amides is 4. The van der Waals surface area contributed by atoms with Crippen LogP contribution in [-0.4, -0.2) is 60.2 Å². The van der Waals surface area contributed by atoms with Crippen LogP contribution in [0.2, 0.25) is 0 Å². The van der Waals surface area contributed by atoms with Crippen LogP contribution in [0.4, 0.5) is 4.79 Å². The van der Waals surface area contributed by atoms with Crippen LogP contribution in [0, 0.1) is 11.8 Å². The summed E-state index contributed by atoms with van der Waals surface area (Å²) in [7, 11) is 0. The molecule has 244 valence electrons. The van der Waals surface area contributed by atoms with Gasteiger partial charge in [-0.05, 0) is 47.1 Å². The lowest BCUT2D eigenvalue weighted by Crippen LogP contribution is -2.55. The number of benzene rings is 3. The molecular weight excluding hydrogens is 584 g/mol. The van der Waals surface area contributed by atoms with Crippen molar-refractivity contribution in [2.75, 3.05) is 13.2 Å². The zero-order valence-electron chi connectivity index (χ0n) is 26.4. The number of carbonyl (C=O) groups excluding carboxylic acids is 4. The molecule has 3 aromatic carbocycles. The summed E-state index contributed by atoms with van der Waals surface area (Å²) in [5.74, 6) is -1.21. The van der Waals surface area contributed by atoms with Crippen LogP contribution in [0.1, 0.15) is 44.2 Å². The minimum atomic E-state index is -1.04. The molecule has 10 nitrogen and oxygen atoms in total. The molecule has 0 aromatic heterocycles. The Kier molecular flexibility index (Phi) is 12.7. The van der Waals surface area contributed by atoms with Crippen LogP contribution in [-0.2, 0) is 32.1 Å². The number of aliphatic hydroxyl groups is 1. The van der Waals surface area contributed by atoms with Crippen molar-refractivity contribution in [1.29, 1.82) is 0 Å². The molecule has 1 saturated heterocycles. The van der Waals surface area contributed by atoms with E-state index in [4.69, 9.17) is 4.74 Å². The number of aliphatic hydroxyl groups excluding tert-OH is 1. The number of carbonyl (C=O) groups is 4. The second kappa shape index (κ2) is 17.1. The van der Waals surface area contributed by atoms with E-state index < -0.39 is 36.0 Å². The van der Waals surface area contributed by atoms with Crippen LogP contribution in [0.25, 0.3) is 10.8 Å². The Balaban J connectivity index is 1.52. The summed E-state index contributed by atoms with van der Waals surface area (Å²) in [5.41, 5.74) is 1.66. The van der Waals surface area contributed by atoms with Gasteiger partial charge in [0.2, 0.25) is 17.7 Å². The highest BCUT2D eigenvalue weighted by Crippen LogP contribution is 2.21. The lowest BCUT2D eigenvalue weighted by Gasteiger charge is -2.26. The van der Waals surface area contributed by atoms with E-state index in [-0.39, 0.29) is 37.4 Å². The van der Waals surface area contributed by atoms with E-state index in [9.17, 15) is 24.3 Å². The van der Waals surface area contributed by atoms with Gasteiger partial charge in [0.05, 0.1) is 6.61 Å². The number of alkyl carbamates (subject to hydrolysis) is 1. The zero-order chi connectivity index (χ0) is 32.9. The van der Waals surface area contributed by atoms with E-state index in [0.29, 0.717) is 25.8 Å². The van der Waals surface area contributed by atoms with Gasteiger partial charge >= 0.3 is 6.09 Å². The average Bonchev–Trinajstić information content (AvgIpc) is 3.45. The van der Waals surface area contributed by atoms with Crippen LogP contribution in [0.5, 0.6) is 0 Å². The molecule has 46 heavy (non-hydrogen) atoms. The molecule has 1 heterocycles.